The molecule has 1 heterocycles. The van der Waals surface area contributed by atoms with Crippen LogP contribution in [0, 0.1) is 0 Å². The molecule has 0 saturated carbocycles. The number of rotatable bonds is 3. The van der Waals surface area contributed by atoms with Gasteiger partial charge in [0.1, 0.15) is 5.60 Å². The second-order valence-electron chi connectivity index (χ2n) is 5.54. The maximum Gasteiger partial charge on any atom is 0.410 e. The summed E-state index contributed by atoms with van der Waals surface area (Å²) in [5, 5.41) is 11.5. The highest BCUT2D eigenvalue weighted by Crippen LogP contribution is 2.15. The largest absolute Gasteiger partial charge is 0.480 e. The molecule has 0 aromatic heterocycles. The van der Waals surface area contributed by atoms with Crippen LogP contribution in [-0.2, 0) is 9.53 Å². The summed E-state index contributed by atoms with van der Waals surface area (Å²) in [6.45, 7) is 6.58. The Morgan fingerprint density at radius 1 is 1.44 bits per heavy atom. The van der Waals surface area contributed by atoms with Gasteiger partial charge in [0.25, 0.3) is 0 Å². The van der Waals surface area contributed by atoms with E-state index in [1.807, 2.05) is 20.8 Å². The molecule has 1 amide bonds. The molecule has 6 heteroatoms. The fraction of sp³-hybridized carbons (Fsp3) is 0.833. The van der Waals surface area contributed by atoms with E-state index in [4.69, 9.17) is 9.84 Å². The number of nitrogens with zero attached hydrogens (tertiary/aromatic N) is 1. The molecule has 0 spiro atoms. The standard InChI is InChI=1S/C12H22N2O4/c1-12(2,3)18-11(17)14-6-4-5-9(8-14)13-7-10(15)16/h9,13H,4-8H2,1-3H3,(H,15,16). The Labute approximate surface area is 107 Å². The van der Waals surface area contributed by atoms with Crippen molar-refractivity contribution >= 4 is 12.1 Å². The molecule has 1 rings (SSSR count). The molecule has 1 atom stereocenters. The number of carbonyl (C=O) groups excluding carboxylic acids is 1. The van der Waals surface area contributed by atoms with Gasteiger partial charge < -0.3 is 20.1 Å². The van der Waals surface area contributed by atoms with Gasteiger partial charge in [-0.05, 0) is 33.6 Å². The Hall–Kier alpha value is -1.30. The average molecular weight is 258 g/mol. The lowest BCUT2D eigenvalue weighted by Crippen LogP contribution is -2.50. The fourth-order valence-electron chi connectivity index (χ4n) is 1.87. The van der Waals surface area contributed by atoms with Crippen LogP contribution in [0.3, 0.4) is 0 Å². The molecule has 0 bridgehead atoms. The minimum Gasteiger partial charge on any atom is -0.480 e. The molecule has 1 saturated heterocycles. The first-order chi connectivity index (χ1) is 8.28. The molecule has 0 radical (unpaired) electrons. The van der Waals surface area contributed by atoms with Crippen LogP contribution in [0.25, 0.3) is 0 Å². The number of ether oxygens (including phenoxy) is 1. The van der Waals surface area contributed by atoms with E-state index in [9.17, 15) is 9.59 Å². The number of hydrogen-bond donors (Lipinski definition) is 2. The molecule has 6 nitrogen and oxygen atoms in total. The Kier molecular flexibility index (Phi) is 4.95. The number of carboxylic acid groups (broad SMARTS) is 1. The number of hydrogen-bond acceptors (Lipinski definition) is 4. The molecular formula is C12H22N2O4. The van der Waals surface area contributed by atoms with Gasteiger partial charge >= 0.3 is 12.1 Å². The van der Waals surface area contributed by atoms with E-state index in [2.05, 4.69) is 5.32 Å². The van der Waals surface area contributed by atoms with Gasteiger partial charge in [0.05, 0.1) is 6.54 Å². The van der Waals surface area contributed by atoms with Gasteiger partial charge in [-0.1, -0.05) is 0 Å². The van der Waals surface area contributed by atoms with Crippen molar-refractivity contribution in [1.29, 1.82) is 0 Å². The molecular weight excluding hydrogens is 236 g/mol. The lowest BCUT2D eigenvalue weighted by atomic mass is 10.1. The van der Waals surface area contributed by atoms with E-state index < -0.39 is 11.6 Å². The first-order valence-electron chi connectivity index (χ1n) is 6.21. The van der Waals surface area contributed by atoms with E-state index in [1.165, 1.54) is 0 Å². The number of nitrogens with one attached hydrogen (secondary N) is 1. The van der Waals surface area contributed by atoms with Gasteiger partial charge in [0.15, 0.2) is 0 Å². The van der Waals surface area contributed by atoms with Gasteiger partial charge in [-0.15, -0.1) is 0 Å². The highest BCUT2D eigenvalue weighted by molar-refractivity contribution is 5.69. The van der Waals surface area contributed by atoms with Gasteiger partial charge in [-0.25, -0.2) is 4.79 Å². The van der Waals surface area contributed by atoms with Crippen LogP contribution in [-0.4, -0.2) is 53.3 Å². The van der Waals surface area contributed by atoms with Crippen molar-refractivity contribution in [2.75, 3.05) is 19.6 Å². The lowest BCUT2D eigenvalue weighted by molar-refractivity contribution is -0.136. The number of likely N-dealkylation sites (tertiary alicyclic amines) is 1. The summed E-state index contributed by atoms with van der Waals surface area (Å²) in [4.78, 5) is 24.0. The zero-order valence-electron chi connectivity index (χ0n) is 11.2. The van der Waals surface area contributed by atoms with Gasteiger partial charge in [0, 0.05) is 19.1 Å². The summed E-state index contributed by atoms with van der Waals surface area (Å²) in [7, 11) is 0. The molecule has 1 aliphatic heterocycles. The minimum atomic E-state index is -0.885. The third-order valence-electron chi connectivity index (χ3n) is 2.62. The highest BCUT2D eigenvalue weighted by Gasteiger charge is 2.27. The van der Waals surface area contributed by atoms with Crippen LogP contribution in [0.1, 0.15) is 33.6 Å². The summed E-state index contributed by atoms with van der Waals surface area (Å²) in [5.41, 5.74) is -0.501. The molecule has 1 unspecified atom stereocenters. The SMILES string of the molecule is CC(C)(C)OC(=O)N1CCCC(NCC(=O)O)C1. The Morgan fingerprint density at radius 2 is 2.11 bits per heavy atom. The summed E-state index contributed by atoms with van der Waals surface area (Å²) in [5.74, 6) is -0.885. The fourth-order valence-corrected chi connectivity index (χ4v) is 1.87. The van der Waals surface area contributed by atoms with Crippen LogP contribution >= 0.6 is 0 Å². The first-order valence-corrected chi connectivity index (χ1v) is 6.21. The van der Waals surface area contributed by atoms with Crippen molar-refractivity contribution in [2.24, 2.45) is 0 Å². The van der Waals surface area contributed by atoms with Gasteiger partial charge in [-0.3, -0.25) is 4.79 Å². The molecule has 104 valence electrons. The monoisotopic (exact) mass is 258 g/mol. The lowest BCUT2D eigenvalue weighted by Gasteiger charge is -2.34. The number of carbonyl (C=O) groups is 2. The number of piperidine rings is 1. The van der Waals surface area contributed by atoms with Crippen LogP contribution in [0.4, 0.5) is 4.79 Å². The highest BCUT2D eigenvalue weighted by atomic mass is 16.6. The van der Waals surface area contributed by atoms with Crippen molar-refractivity contribution in [2.45, 2.75) is 45.3 Å². The van der Waals surface area contributed by atoms with Crippen molar-refractivity contribution in [3.8, 4) is 0 Å². The molecule has 0 aromatic rings. The molecule has 1 aliphatic rings. The van der Waals surface area contributed by atoms with Crippen LogP contribution in [0.15, 0.2) is 0 Å². The average Bonchev–Trinajstić information content (AvgIpc) is 2.24. The summed E-state index contributed by atoms with van der Waals surface area (Å²) >= 11 is 0. The third kappa shape index (κ3) is 5.35. The van der Waals surface area contributed by atoms with Crippen molar-refractivity contribution < 1.29 is 19.4 Å². The maximum absolute atomic E-state index is 11.9. The second-order valence-corrected chi connectivity index (χ2v) is 5.54. The smallest absolute Gasteiger partial charge is 0.410 e. The topological polar surface area (TPSA) is 78.9 Å². The van der Waals surface area contributed by atoms with Crippen LogP contribution in [0.2, 0.25) is 0 Å². The summed E-state index contributed by atoms with van der Waals surface area (Å²) in [6, 6.07) is 0.0300. The predicted octanol–water partition coefficient (Wildman–Crippen LogP) is 1.06. The van der Waals surface area contributed by atoms with Gasteiger partial charge in [0.2, 0.25) is 0 Å². The van der Waals surface area contributed by atoms with E-state index in [0.717, 1.165) is 12.8 Å². The van der Waals surface area contributed by atoms with E-state index >= 15 is 0 Å². The zero-order chi connectivity index (χ0) is 13.8. The van der Waals surface area contributed by atoms with Gasteiger partial charge in [-0.2, -0.15) is 0 Å². The molecule has 18 heavy (non-hydrogen) atoms. The Bertz CT molecular complexity index is 312. The van der Waals surface area contributed by atoms with E-state index in [-0.39, 0.29) is 18.7 Å². The summed E-state index contributed by atoms with van der Waals surface area (Å²) in [6.07, 6.45) is 1.41. The predicted molar refractivity (Wildman–Crippen MR) is 66.5 cm³/mol. The van der Waals surface area contributed by atoms with Crippen molar-refractivity contribution in [1.82, 2.24) is 10.2 Å². The molecule has 1 fully saturated rings. The Morgan fingerprint density at radius 3 is 2.67 bits per heavy atom. The second kappa shape index (κ2) is 6.04. The van der Waals surface area contributed by atoms with Crippen LogP contribution < -0.4 is 5.32 Å². The minimum absolute atomic E-state index is 0.0300. The van der Waals surface area contributed by atoms with E-state index in [0.29, 0.717) is 13.1 Å². The van der Waals surface area contributed by atoms with E-state index in [1.54, 1.807) is 4.90 Å². The number of amides is 1. The number of aliphatic carboxylic acids is 1. The molecule has 2 N–H and O–H groups in total. The number of carboxylic acids is 1. The third-order valence-corrected chi connectivity index (χ3v) is 2.62. The first kappa shape index (κ1) is 14.8. The molecule has 0 aromatic carbocycles. The quantitative estimate of drug-likeness (QED) is 0.791. The Balaban J connectivity index is 2.43. The normalized spacial score (nSPS) is 20.6. The van der Waals surface area contributed by atoms with Crippen molar-refractivity contribution in [3.05, 3.63) is 0 Å². The molecule has 0 aliphatic carbocycles. The van der Waals surface area contributed by atoms with Crippen LogP contribution in [0.5, 0.6) is 0 Å². The zero-order valence-corrected chi connectivity index (χ0v) is 11.2. The van der Waals surface area contributed by atoms with Crippen molar-refractivity contribution in [3.63, 3.8) is 0 Å². The maximum atomic E-state index is 11.9. The summed E-state index contributed by atoms with van der Waals surface area (Å²) < 4.78 is 5.29.